The molecule has 0 atom stereocenters. The molecule has 0 fully saturated rings. The highest BCUT2D eigenvalue weighted by molar-refractivity contribution is 6.35. The van der Waals surface area contributed by atoms with Gasteiger partial charge in [0.25, 0.3) is 0 Å². The molecule has 0 aliphatic heterocycles. The van der Waals surface area contributed by atoms with Crippen LogP contribution in [0.2, 0.25) is 10.0 Å². The van der Waals surface area contributed by atoms with E-state index < -0.39 is 0 Å². The number of benzene rings is 2. The van der Waals surface area contributed by atoms with Crippen molar-refractivity contribution in [3.05, 3.63) is 58.6 Å². The van der Waals surface area contributed by atoms with Gasteiger partial charge in [-0.25, -0.2) is 10.8 Å². The fourth-order valence-corrected chi connectivity index (χ4v) is 1.77. The normalized spacial score (nSPS) is 11.2. The van der Waals surface area contributed by atoms with Gasteiger partial charge in [0, 0.05) is 10.7 Å². The number of nitrogens with two attached hydrogens (primary N) is 1. The highest BCUT2D eigenvalue weighted by Crippen LogP contribution is 2.28. The van der Waals surface area contributed by atoms with Gasteiger partial charge in [-0.2, -0.15) is 0 Å². The number of nitrogens with one attached hydrogen (secondary N) is 2. The van der Waals surface area contributed by atoms with Gasteiger partial charge in [0.05, 0.1) is 10.7 Å². The predicted molar refractivity (Wildman–Crippen MR) is 80.9 cm³/mol. The third-order valence-corrected chi connectivity index (χ3v) is 2.87. The Labute approximate surface area is 121 Å². The largest absolute Gasteiger partial charge is 0.325 e. The fraction of sp³-hybridized carbons (Fsp3) is 0. The molecular weight excluding hydrogens is 283 g/mol. The zero-order chi connectivity index (χ0) is 13.7. The summed E-state index contributed by atoms with van der Waals surface area (Å²) in [6.45, 7) is 0. The second-order valence-corrected chi connectivity index (χ2v) is 4.54. The Kier molecular flexibility index (Phi) is 4.63. The second-order valence-electron chi connectivity index (χ2n) is 3.69. The first-order valence-corrected chi connectivity index (χ1v) is 6.27. The topological polar surface area (TPSA) is 62.4 Å². The fourth-order valence-electron chi connectivity index (χ4n) is 1.45. The number of hydrazine groups is 1. The molecule has 6 heteroatoms. The first kappa shape index (κ1) is 13.7. The van der Waals surface area contributed by atoms with Crippen molar-refractivity contribution < 1.29 is 0 Å². The van der Waals surface area contributed by atoms with E-state index in [-0.39, 0.29) is 0 Å². The van der Waals surface area contributed by atoms with Crippen LogP contribution in [0, 0.1) is 0 Å². The number of hydrogen-bond donors (Lipinski definition) is 3. The Morgan fingerprint density at radius 3 is 2.47 bits per heavy atom. The summed E-state index contributed by atoms with van der Waals surface area (Å²) in [5.74, 6) is 5.81. The smallest absolute Gasteiger partial charge is 0.215 e. The highest BCUT2D eigenvalue weighted by atomic mass is 35.5. The van der Waals surface area contributed by atoms with Crippen LogP contribution in [0.3, 0.4) is 0 Å². The van der Waals surface area contributed by atoms with Crippen molar-refractivity contribution in [1.82, 2.24) is 5.43 Å². The Balaban J connectivity index is 2.26. The molecule has 4 N–H and O–H groups in total. The Morgan fingerprint density at radius 2 is 1.79 bits per heavy atom. The lowest BCUT2D eigenvalue weighted by molar-refractivity contribution is 1.02. The quantitative estimate of drug-likeness (QED) is 0.343. The minimum atomic E-state index is 0.371. The van der Waals surface area contributed by atoms with Crippen LogP contribution < -0.4 is 16.6 Å². The van der Waals surface area contributed by atoms with E-state index in [2.05, 4.69) is 15.7 Å². The number of halogens is 2. The van der Waals surface area contributed by atoms with Crippen LogP contribution in [0.5, 0.6) is 0 Å². The molecule has 0 radical (unpaired) electrons. The van der Waals surface area contributed by atoms with Crippen LogP contribution >= 0.6 is 23.2 Å². The van der Waals surface area contributed by atoms with Crippen molar-refractivity contribution >= 4 is 40.5 Å². The van der Waals surface area contributed by atoms with Gasteiger partial charge in [0.1, 0.15) is 0 Å². The molecule has 0 amide bonds. The lowest BCUT2D eigenvalue weighted by Gasteiger charge is -2.09. The average Bonchev–Trinajstić information content (AvgIpc) is 2.43. The molecule has 98 valence electrons. The van der Waals surface area contributed by atoms with Gasteiger partial charge in [-0.15, -0.1) is 0 Å². The first-order valence-electron chi connectivity index (χ1n) is 5.51. The molecule has 2 rings (SSSR count). The maximum Gasteiger partial charge on any atom is 0.215 e. The Bertz CT molecular complexity index is 584. The maximum absolute atomic E-state index is 6.04. The van der Waals surface area contributed by atoms with E-state index in [1.165, 1.54) is 0 Å². The zero-order valence-corrected chi connectivity index (χ0v) is 11.4. The van der Waals surface area contributed by atoms with Crippen LogP contribution in [-0.2, 0) is 0 Å². The van der Waals surface area contributed by atoms with Crippen molar-refractivity contribution in [2.24, 2.45) is 10.8 Å². The summed E-state index contributed by atoms with van der Waals surface area (Å²) in [7, 11) is 0. The number of anilines is 1. The molecule has 4 nitrogen and oxygen atoms in total. The molecule has 0 aliphatic rings. The zero-order valence-electron chi connectivity index (χ0n) is 9.90. The van der Waals surface area contributed by atoms with Crippen molar-refractivity contribution in [3.8, 4) is 0 Å². The van der Waals surface area contributed by atoms with Gasteiger partial charge in [-0.1, -0.05) is 41.4 Å². The summed E-state index contributed by atoms with van der Waals surface area (Å²) in [6, 6.07) is 14.6. The Hall–Kier alpha value is -1.75. The summed E-state index contributed by atoms with van der Waals surface area (Å²) < 4.78 is 0. The minimum Gasteiger partial charge on any atom is -0.325 e. The van der Waals surface area contributed by atoms with Crippen LogP contribution in [0.15, 0.2) is 53.5 Å². The van der Waals surface area contributed by atoms with Crippen LogP contribution in [0.25, 0.3) is 0 Å². The van der Waals surface area contributed by atoms with Gasteiger partial charge in [0.15, 0.2) is 0 Å². The summed E-state index contributed by atoms with van der Waals surface area (Å²) in [5, 5.41) is 4.08. The number of guanidine groups is 1. The first-order chi connectivity index (χ1) is 9.19. The van der Waals surface area contributed by atoms with E-state index in [1.807, 2.05) is 30.3 Å². The minimum absolute atomic E-state index is 0.371. The molecule has 0 bridgehead atoms. The highest BCUT2D eigenvalue weighted by Gasteiger charge is 2.03. The standard InChI is InChI=1S/C13H12Cl2N4/c14-9-6-7-11(15)12(8-9)18-13(19-16)17-10-4-2-1-3-5-10/h1-8H,16H2,(H2,17,18,19). The van der Waals surface area contributed by atoms with Gasteiger partial charge in [-0.05, 0) is 30.3 Å². The molecule has 0 aliphatic carbocycles. The molecule has 2 aromatic rings. The van der Waals surface area contributed by atoms with Crippen molar-refractivity contribution in [3.63, 3.8) is 0 Å². The molecular formula is C13H12Cl2N4. The lowest BCUT2D eigenvalue weighted by atomic mass is 10.3. The van der Waals surface area contributed by atoms with E-state index in [9.17, 15) is 0 Å². The molecule has 0 unspecified atom stereocenters. The van der Waals surface area contributed by atoms with Crippen molar-refractivity contribution in [2.75, 3.05) is 5.32 Å². The van der Waals surface area contributed by atoms with Gasteiger partial charge in [0.2, 0.25) is 5.96 Å². The van der Waals surface area contributed by atoms with Crippen molar-refractivity contribution in [1.29, 1.82) is 0 Å². The molecule has 0 aromatic heterocycles. The molecule has 2 aromatic carbocycles. The third kappa shape index (κ3) is 3.86. The van der Waals surface area contributed by atoms with Gasteiger partial charge < -0.3 is 5.32 Å². The predicted octanol–water partition coefficient (Wildman–Crippen LogP) is 3.56. The van der Waals surface area contributed by atoms with Gasteiger partial charge >= 0.3 is 0 Å². The second kappa shape index (κ2) is 6.43. The van der Waals surface area contributed by atoms with Crippen LogP contribution in [0.4, 0.5) is 11.4 Å². The molecule has 0 saturated carbocycles. The molecule has 0 spiro atoms. The number of nitrogens with zero attached hydrogens (tertiary/aromatic N) is 1. The van der Waals surface area contributed by atoms with E-state index >= 15 is 0 Å². The van der Waals surface area contributed by atoms with Crippen molar-refractivity contribution in [2.45, 2.75) is 0 Å². The number of hydrogen-bond acceptors (Lipinski definition) is 2. The number of rotatable bonds is 2. The molecule has 19 heavy (non-hydrogen) atoms. The van der Waals surface area contributed by atoms with Crippen LogP contribution in [0.1, 0.15) is 0 Å². The maximum atomic E-state index is 6.04. The summed E-state index contributed by atoms with van der Waals surface area (Å²) in [4.78, 5) is 4.29. The van der Waals surface area contributed by atoms with E-state index in [4.69, 9.17) is 29.0 Å². The summed E-state index contributed by atoms with van der Waals surface area (Å²) in [6.07, 6.45) is 0. The van der Waals surface area contributed by atoms with Crippen LogP contribution in [-0.4, -0.2) is 5.96 Å². The lowest BCUT2D eigenvalue weighted by Crippen LogP contribution is -2.35. The van der Waals surface area contributed by atoms with E-state index in [0.29, 0.717) is 21.7 Å². The SMILES string of the molecule is NNC(=Nc1cc(Cl)ccc1Cl)Nc1ccccc1. The average molecular weight is 295 g/mol. The summed E-state index contributed by atoms with van der Waals surface area (Å²) in [5.41, 5.74) is 3.87. The Morgan fingerprint density at radius 1 is 1.05 bits per heavy atom. The van der Waals surface area contributed by atoms with E-state index in [0.717, 1.165) is 5.69 Å². The molecule has 0 heterocycles. The van der Waals surface area contributed by atoms with E-state index in [1.54, 1.807) is 18.2 Å². The number of para-hydroxylation sites is 1. The monoisotopic (exact) mass is 294 g/mol. The third-order valence-electron chi connectivity index (χ3n) is 2.31. The number of aliphatic imine (C=N–C) groups is 1. The van der Waals surface area contributed by atoms with Gasteiger partial charge in [-0.3, -0.25) is 5.43 Å². The summed E-state index contributed by atoms with van der Waals surface area (Å²) >= 11 is 11.9. The molecule has 0 saturated heterocycles.